The van der Waals surface area contributed by atoms with Gasteiger partial charge < -0.3 is 9.88 Å². The van der Waals surface area contributed by atoms with Gasteiger partial charge in [0.2, 0.25) is 0 Å². The van der Waals surface area contributed by atoms with Gasteiger partial charge in [-0.05, 0) is 62.1 Å². The Morgan fingerprint density at radius 1 is 1.10 bits per heavy atom. The van der Waals surface area contributed by atoms with E-state index >= 15 is 0 Å². The van der Waals surface area contributed by atoms with Gasteiger partial charge in [-0.15, -0.1) is 0 Å². The number of nitrogens with zero attached hydrogens (tertiary/aromatic N) is 2. The van der Waals surface area contributed by atoms with Crippen molar-refractivity contribution >= 4 is 21.6 Å². The van der Waals surface area contributed by atoms with Crippen molar-refractivity contribution in [1.29, 1.82) is 0 Å². The summed E-state index contributed by atoms with van der Waals surface area (Å²) >= 11 is 0. The maximum Gasteiger partial charge on any atom is 0.262 e. The van der Waals surface area contributed by atoms with Crippen LogP contribution >= 0.6 is 0 Å². The van der Waals surface area contributed by atoms with Gasteiger partial charge in [0.25, 0.3) is 15.9 Å². The van der Waals surface area contributed by atoms with Crippen LogP contribution in [0.25, 0.3) is 0 Å². The summed E-state index contributed by atoms with van der Waals surface area (Å²) in [4.78, 5) is 16.6. The molecule has 8 heteroatoms. The van der Waals surface area contributed by atoms with E-state index in [4.69, 9.17) is 0 Å². The number of hydrogen-bond donors (Lipinski definition) is 2. The summed E-state index contributed by atoms with van der Waals surface area (Å²) in [5.41, 5.74) is 3.28. The fourth-order valence-electron chi connectivity index (χ4n) is 3.08. The monoisotopic (exact) mass is 426 g/mol. The van der Waals surface area contributed by atoms with E-state index in [1.165, 1.54) is 6.07 Å². The van der Waals surface area contributed by atoms with Crippen LogP contribution in [0.15, 0.2) is 60.0 Å². The molecule has 2 N–H and O–H groups in total. The van der Waals surface area contributed by atoms with Gasteiger partial charge in [0.05, 0.1) is 16.9 Å². The Bertz CT molecular complexity index is 1140. The zero-order valence-corrected chi connectivity index (χ0v) is 18.2. The molecular weight excluding hydrogens is 400 g/mol. The number of nitrogens with one attached hydrogen (secondary N) is 2. The van der Waals surface area contributed by atoms with Crippen LogP contribution in [0.2, 0.25) is 0 Å². The van der Waals surface area contributed by atoms with Crippen molar-refractivity contribution in [1.82, 2.24) is 14.9 Å². The first-order valence-corrected chi connectivity index (χ1v) is 11.2. The van der Waals surface area contributed by atoms with Crippen molar-refractivity contribution in [3.63, 3.8) is 0 Å². The summed E-state index contributed by atoms with van der Waals surface area (Å²) in [6, 6.07) is 10.2. The number of carbonyl (C=O) groups excluding carboxylic acids is 1. The molecule has 1 aromatic heterocycles. The molecule has 0 aliphatic rings. The molecule has 3 aromatic rings. The van der Waals surface area contributed by atoms with Crippen molar-refractivity contribution in [2.75, 3.05) is 11.3 Å². The van der Waals surface area contributed by atoms with Gasteiger partial charge >= 0.3 is 0 Å². The zero-order chi connectivity index (χ0) is 21.7. The minimum absolute atomic E-state index is 0.0921. The number of aryl methyl sites for hydroxylation is 3. The van der Waals surface area contributed by atoms with E-state index in [2.05, 4.69) is 15.0 Å². The van der Waals surface area contributed by atoms with Gasteiger partial charge in [-0.2, -0.15) is 0 Å². The smallest absolute Gasteiger partial charge is 0.262 e. The van der Waals surface area contributed by atoms with Crippen molar-refractivity contribution in [3.8, 4) is 0 Å². The lowest BCUT2D eigenvalue weighted by molar-refractivity contribution is 0.0952. The third-order valence-electron chi connectivity index (χ3n) is 5.03. The maximum atomic E-state index is 13.0. The number of sulfonamides is 1. The first-order chi connectivity index (χ1) is 14.3. The Labute approximate surface area is 177 Å². The van der Waals surface area contributed by atoms with Gasteiger partial charge in [0.1, 0.15) is 0 Å². The number of amides is 1. The van der Waals surface area contributed by atoms with Crippen LogP contribution in [-0.4, -0.2) is 30.4 Å². The van der Waals surface area contributed by atoms with Crippen LogP contribution in [0.5, 0.6) is 0 Å². The van der Waals surface area contributed by atoms with Crippen molar-refractivity contribution in [3.05, 3.63) is 77.4 Å². The number of hydrogen-bond acceptors (Lipinski definition) is 4. The highest BCUT2D eigenvalue weighted by Gasteiger charge is 2.20. The molecular formula is C22H26N4O3S. The van der Waals surface area contributed by atoms with Crippen LogP contribution < -0.4 is 10.0 Å². The molecule has 158 valence electrons. The highest BCUT2D eigenvalue weighted by atomic mass is 32.2. The summed E-state index contributed by atoms with van der Waals surface area (Å²) in [6.07, 6.45) is 6.04. The van der Waals surface area contributed by atoms with E-state index in [1.54, 1.807) is 43.7 Å². The summed E-state index contributed by atoms with van der Waals surface area (Å²) in [5, 5.41) is 2.84. The zero-order valence-electron chi connectivity index (χ0n) is 17.3. The molecule has 0 spiro atoms. The minimum Gasteiger partial charge on any atom is -0.352 e. The van der Waals surface area contributed by atoms with Gasteiger partial charge in [-0.3, -0.25) is 9.52 Å². The van der Waals surface area contributed by atoms with Crippen LogP contribution in [0.3, 0.4) is 0 Å². The summed E-state index contributed by atoms with van der Waals surface area (Å²) < 4.78 is 30.6. The van der Waals surface area contributed by atoms with E-state index < -0.39 is 10.0 Å². The number of imidazole rings is 1. The van der Waals surface area contributed by atoms with Gasteiger partial charge in [-0.1, -0.05) is 18.2 Å². The van der Waals surface area contributed by atoms with Crippen molar-refractivity contribution < 1.29 is 13.2 Å². The SMILES string of the molecule is Cc1ccc(C(=O)NCCCn2ccnc2)cc1S(=O)(=O)Nc1cccc(C)c1C. The highest BCUT2D eigenvalue weighted by Crippen LogP contribution is 2.24. The standard InChI is InChI=1S/C22H26N4O3S/c1-16-6-4-7-20(18(16)3)25-30(28,29)21-14-19(9-8-17(21)2)22(27)24-10-5-12-26-13-11-23-15-26/h4,6-9,11,13-15,25H,5,10,12H2,1-3H3,(H,24,27). The predicted molar refractivity (Wildman–Crippen MR) is 117 cm³/mol. The molecule has 7 nitrogen and oxygen atoms in total. The van der Waals surface area contributed by atoms with Crippen LogP contribution in [0.1, 0.15) is 33.5 Å². The Morgan fingerprint density at radius 3 is 2.63 bits per heavy atom. The first kappa shape index (κ1) is 21.6. The lowest BCUT2D eigenvalue weighted by Crippen LogP contribution is -2.25. The molecule has 1 amide bonds. The Kier molecular flexibility index (Phi) is 6.56. The molecule has 0 atom stereocenters. The summed E-state index contributed by atoms with van der Waals surface area (Å²) in [7, 11) is -3.83. The molecule has 30 heavy (non-hydrogen) atoms. The highest BCUT2D eigenvalue weighted by molar-refractivity contribution is 7.92. The van der Waals surface area contributed by atoms with Crippen LogP contribution in [0.4, 0.5) is 5.69 Å². The number of anilines is 1. The van der Waals surface area contributed by atoms with Gasteiger partial charge in [0, 0.05) is 31.0 Å². The molecule has 0 aliphatic carbocycles. The number of aromatic nitrogens is 2. The average molecular weight is 427 g/mol. The second kappa shape index (κ2) is 9.13. The molecule has 0 fully saturated rings. The number of benzene rings is 2. The lowest BCUT2D eigenvalue weighted by Gasteiger charge is -2.14. The quantitative estimate of drug-likeness (QED) is 0.540. The van der Waals surface area contributed by atoms with Crippen LogP contribution in [0, 0.1) is 20.8 Å². The molecule has 0 radical (unpaired) electrons. The molecule has 2 aromatic carbocycles. The number of rotatable bonds is 8. The lowest BCUT2D eigenvalue weighted by atomic mass is 10.1. The second-order valence-corrected chi connectivity index (χ2v) is 8.89. The van der Waals surface area contributed by atoms with Crippen molar-refractivity contribution in [2.45, 2.75) is 38.6 Å². The van der Waals surface area contributed by atoms with E-state index in [9.17, 15) is 13.2 Å². The molecule has 0 saturated carbocycles. The van der Waals surface area contributed by atoms with Gasteiger partial charge in [-0.25, -0.2) is 13.4 Å². The summed E-state index contributed by atoms with van der Waals surface area (Å²) in [5.74, 6) is -0.302. The minimum atomic E-state index is -3.83. The molecule has 0 bridgehead atoms. The van der Waals surface area contributed by atoms with E-state index in [0.29, 0.717) is 23.4 Å². The molecule has 0 unspecified atom stereocenters. The maximum absolute atomic E-state index is 13.0. The van der Waals surface area contributed by atoms with Crippen LogP contribution in [-0.2, 0) is 16.6 Å². The molecule has 0 saturated heterocycles. The third kappa shape index (κ3) is 5.07. The Morgan fingerprint density at radius 2 is 1.90 bits per heavy atom. The predicted octanol–water partition coefficient (Wildman–Crippen LogP) is 3.43. The van der Waals surface area contributed by atoms with Crippen molar-refractivity contribution in [2.24, 2.45) is 0 Å². The molecule has 3 rings (SSSR count). The first-order valence-electron chi connectivity index (χ1n) is 9.71. The summed E-state index contributed by atoms with van der Waals surface area (Å²) in [6.45, 7) is 6.73. The molecule has 1 heterocycles. The third-order valence-corrected chi connectivity index (χ3v) is 6.53. The molecule has 0 aliphatic heterocycles. The largest absolute Gasteiger partial charge is 0.352 e. The Balaban J connectivity index is 1.71. The normalized spacial score (nSPS) is 11.3. The second-order valence-electron chi connectivity index (χ2n) is 7.24. The Hall–Kier alpha value is -3.13. The van der Waals surface area contributed by atoms with Gasteiger partial charge in [0.15, 0.2) is 0 Å². The van der Waals surface area contributed by atoms with E-state index in [0.717, 1.165) is 24.1 Å². The topological polar surface area (TPSA) is 93.1 Å². The average Bonchev–Trinajstić information content (AvgIpc) is 3.22. The van der Waals surface area contributed by atoms with E-state index in [1.807, 2.05) is 30.7 Å². The van der Waals surface area contributed by atoms with E-state index in [-0.39, 0.29) is 10.8 Å². The fourth-order valence-corrected chi connectivity index (χ4v) is 4.47. The fraction of sp³-hybridized carbons (Fsp3) is 0.273. The number of carbonyl (C=O) groups is 1.